The van der Waals surface area contributed by atoms with Crippen molar-refractivity contribution in [2.45, 2.75) is 25.3 Å². The van der Waals surface area contributed by atoms with Gasteiger partial charge < -0.3 is 10.5 Å². The Bertz CT molecular complexity index is 380. The molecule has 1 aromatic carbocycles. The van der Waals surface area contributed by atoms with E-state index in [1.165, 1.54) is 0 Å². The molecular formula is C13H17ClINO. The molecule has 1 unspecified atom stereocenters. The highest BCUT2D eigenvalue weighted by molar-refractivity contribution is 14.1. The predicted molar refractivity (Wildman–Crippen MR) is 79.3 cm³/mol. The maximum Gasteiger partial charge on any atom is 0.0542 e. The van der Waals surface area contributed by atoms with Crippen LogP contribution in [-0.4, -0.2) is 13.2 Å². The normalized spacial score (nSPS) is 19.2. The Hall–Kier alpha value is 0.160. The summed E-state index contributed by atoms with van der Waals surface area (Å²) in [5, 5.41) is 0.797. The molecule has 2 N–H and O–H groups in total. The average Bonchev–Trinajstić information content (AvgIpc) is 2.34. The lowest BCUT2D eigenvalue weighted by Gasteiger charge is -2.25. The minimum Gasteiger partial charge on any atom is -0.381 e. The van der Waals surface area contributed by atoms with Crippen LogP contribution in [0.25, 0.3) is 0 Å². The van der Waals surface area contributed by atoms with E-state index < -0.39 is 0 Å². The van der Waals surface area contributed by atoms with Gasteiger partial charge in [0, 0.05) is 22.8 Å². The maximum absolute atomic E-state index is 6.24. The molecule has 1 saturated heterocycles. The number of nitrogens with two attached hydrogens (primary N) is 1. The SMILES string of the molecule is NC(CC1CCOCC1)c1ccc(I)c(Cl)c1. The lowest BCUT2D eigenvalue weighted by Crippen LogP contribution is -2.21. The zero-order chi connectivity index (χ0) is 12.3. The van der Waals surface area contributed by atoms with Gasteiger partial charge in [-0.05, 0) is 65.5 Å². The van der Waals surface area contributed by atoms with Crippen molar-refractivity contribution in [2.24, 2.45) is 11.7 Å². The van der Waals surface area contributed by atoms with Gasteiger partial charge >= 0.3 is 0 Å². The molecular weight excluding hydrogens is 349 g/mol. The van der Waals surface area contributed by atoms with Crippen LogP contribution in [0, 0.1) is 9.49 Å². The van der Waals surface area contributed by atoms with Gasteiger partial charge in [0.1, 0.15) is 0 Å². The monoisotopic (exact) mass is 365 g/mol. The number of hydrogen-bond acceptors (Lipinski definition) is 2. The van der Waals surface area contributed by atoms with Crippen molar-refractivity contribution in [2.75, 3.05) is 13.2 Å². The van der Waals surface area contributed by atoms with E-state index in [0.29, 0.717) is 5.92 Å². The third-order valence-electron chi connectivity index (χ3n) is 3.30. The molecule has 1 fully saturated rings. The second-order valence-corrected chi connectivity index (χ2v) is 6.14. The molecule has 1 aliphatic heterocycles. The van der Waals surface area contributed by atoms with Gasteiger partial charge in [0.25, 0.3) is 0 Å². The van der Waals surface area contributed by atoms with E-state index in [-0.39, 0.29) is 6.04 Å². The molecule has 0 aliphatic carbocycles. The number of hydrogen-bond donors (Lipinski definition) is 1. The van der Waals surface area contributed by atoms with Crippen molar-refractivity contribution < 1.29 is 4.74 Å². The van der Waals surface area contributed by atoms with E-state index in [1.807, 2.05) is 12.1 Å². The number of rotatable bonds is 3. The summed E-state index contributed by atoms with van der Waals surface area (Å²) in [6.45, 7) is 1.76. The van der Waals surface area contributed by atoms with E-state index >= 15 is 0 Å². The first kappa shape index (κ1) is 13.6. The Balaban J connectivity index is 1.98. The molecule has 1 aromatic rings. The zero-order valence-corrected chi connectivity index (χ0v) is 12.6. The minimum absolute atomic E-state index is 0.0904. The Labute approximate surface area is 121 Å². The van der Waals surface area contributed by atoms with E-state index in [1.54, 1.807) is 0 Å². The molecule has 0 amide bonds. The van der Waals surface area contributed by atoms with Gasteiger partial charge in [-0.15, -0.1) is 0 Å². The van der Waals surface area contributed by atoms with Crippen LogP contribution in [-0.2, 0) is 4.74 Å². The maximum atomic E-state index is 6.24. The summed E-state index contributed by atoms with van der Waals surface area (Å²) in [6.07, 6.45) is 3.29. The van der Waals surface area contributed by atoms with Crippen molar-refractivity contribution in [3.05, 3.63) is 32.4 Å². The Morgan fingerprint density at radius 3 is 2.76 bits per heavy atom. The van der Waals surface area contributed by atoms with Crippen LogP contribution in [0.4, 0.5) is 0 Å². The molecule has 2 rings (SSSR count). The summed E-state index contributed by atoms with van der Waals surface area (Å²) in [5.41, 5.74) is 7.38. The largest absolute Gasteiger partial charge is 0.381 e. The molecule has 0 radical (unpaired) electrons. The zero-order valence-electron chi connectivity index (χ0n) is 9.66. The number of halogens is 2. The first-order valence-electron chi connectivity index (χ1n) is 5.95. The molecule has 0 saturated carbocycles. The summed E-state index contributed by atoms with van der Waals surface area (Å²) in [7, 11) is 0. The lowest BCUT2D eigenvalue weighted by atomic mass is 9.90. The van der Waals surface area contributed by atoms with Gasteiger partial charge in [-0.25, -0.2) is 0 Å². The first-order valence-corrected chi connectivity index (χ1v) is 7.41. The number of ether oxygens (including phenoxy) is 1. The van der Waals surface area contributed by atoms with Crippen LogP contribution >= 0.6 is 34.2 Å². The van der Waals surface area contributed by atoms with Crippen molar-refractivity contribution in [3.63, 3.8) is 0 Å². The van der Waals surface area contributed by atoms with Crippen molar-refractivity contribution in [3.8, 4) is 0 Å². The molecule has 4 heteroatoms. The van der Waals surface area contributed by atoms with E-state index in [9.17, 15) is 0 Å². The van der Waals surface area contributed by atoms with E-state index in [2.05, 4.69) is 28.7 Å². The molecule has 17 heavy (non-hydrogen) atoms. The summed E-state index contributed by atoms with van der Waals surface area (Å²) in [6, 6.07) is 6.19. The smallest absolute Gasteiger partial charge is 0.0542 e. The predicted octanol–water partition coefficient (Wildman–Crippen LogP) is 3.76. The standard InChI is InChI=1S/C13H17ClINO/c14-11-8-10(1-2-12(11)15)13(16)7-9-3-5-17-6-4-9/h1-2,8-9,13H,3-7,16H2. The highest BCUT2D eigenvalue weighted by Crippen LogP contribution is 2.28. The fraction of sp³-hybridized carbons (Fsp3) is 0.538. The molecule has 0 bridgehead atoms. The Kier molecular flexibility index (Phi) is 5.09. The van der Waals surface area contributed by atoms with Gasteiger partial charge in [0.15, 0.2) is 0 Å². The Morgan fingerprint density at radius 2 is 2.12 bits per heavy atom. The highest BCUT2D eigenvalue weighted by atomic mass is 127. The molecule has 2 nitrogen and oxygen atoms in total. The third-order valence-corrected chi connectivity index (χ3v) is 4.87. The van der Waals surface area contributed by atoms with Crippen LogP contribution < -0.4 is 5.73 Å². The molecule has 0 aromatic heterocycles. The van der Waals surface area contributed by atoms with E-state index in [4.69, 9.17) is 22.1 Å². The molecule has 1 heterocycles. The van der Waals surface area contributed by atoms with Crippen molar-refractivity contribution in [1.82, 2.24) is 0 Å². The summed E-state index contributed by atoms with van der Waals surface area (Å²) in [4.78, 5) is 0. The van der Waals surface area contributed by atoms with Crippen molar-refractivity contribution >= 4 is 34.2 Å². The van der Waals surface area contributed by atoms with Gasteiger partial charge in [-0.3, -0.25) is 0 Å². The van der Waals surface area contributed by atoms with Gasteiger partial charge in [0.05, 0.1) is 5.02 Å². The average molecular weight is 366 g/mol. The molecule has 1 aliphatic rings. The van der Waals surface area contributed by atoms with Crippen molar-refractivity contribution in [1.29, 1.82) is 0 Å². The fourth-order valence-corrected chi connectivity index (χ4v) is 2.74. The quantitative estimate of drug-likeness (QED) is 0.828. The second-order valence-electron chi connectivity index (χ2n) is 4.57. The van der Waals surface area contributed by atoms with Crippen LogP contribution in [0.2, 0.25) is 5.02 Å². The molecule has 1 atom stereocenters. The second kappa shape index (κ2) is 6.36. The topological polar surface area (TPSA) is 35.2 Å². The molecule has 0 spiro atoms. The summed E-state index contributed by atoms with van der Waals surface area (Å²) in [5.74, 6) is 0.691. The van der Waals surface area contributed by atoms with Crippen LogP contribution in [0.5, 0.6) is 0 Å². The first-order chi connectivity index (χ1) is 8.16. The Morgan fingerprint density at radius 1 is 1.41 bits per heavy atom. The van der Waals surface area contributed by atoms with Crippen LogP contribution in [0.15, 0.2) is 18.2 Å². The van der Waals surface area contributed by atoms with Gasteiger partial charge in [-0.1, -0.05) is 17.7 Å². The minimum atomic E-state index is 0.0904. The van der Waals surface area contributed by atoms with E-state index in [0.717, 1.165) is 46.6 Å². The molecule has 94 valence electrons. The highest BCUT2D eigenvalue weighted by Gasteiger charge is 2.18. The van der Waals surface area contributed by atoms with Gasteiger partial charge in [0.2, 0.25) is 0 Å². The van der Waals surface area contributed by atoms with Gasteiger partial charge in [-0.2, -0.15) is 0 Å². The van der Waals surface area contributed by atoms with Crippen LogP contribution in [0.3, 0.4) is 0 Å². The third kappa shape index (κ3) is 3.81. The van der Waals surface area contributed by atoms with Crippen LogP contribution in [0.1, 0.15) is 30.9 Å². The lowest BCUT2D eigenvalue weighted by molar-refractivity contribution is 0.0618. The summed E-state index contributed by atoms with van der Waals surface area (Å²) >= 11 is 8.35. The fourth-order valence-electron chi connectivity index (χ4n) is 2.22. The summed E-state index contributed by atoms with van der Waals surface area (Å²) < 4.78 is 6.43. The number of benzene rings is 1.